The van der Waals surface area contributed by atoms with Gasteiger partial charge in [-0.1, -0.05) is 39.0 Å². The lowest BCUT2D eigenvalue weighted by molar-refractivity contribution is -0.134. The Hall–Kier alpha value is -2.30. The van der Waals surface area contributed by atoms with Crippen LogP contribution in [0.25, 0.3) is 10.9 Å². The molecule has 1 aliphatic rings. The number of para-hydroxylation sites is 1. The minimum Gasteiger partial charge on any atom is -0.347 e. The second-order valence-corrected chi connectivity index (χ2v) is 8.45. The molecule has 3 rings (SSSR count). The van der Waals surface area contributed by atoms with Gasteiger partial charge in [0.2, 0.25) is 5.91 Å². The van der Waals surface area contributed by atoms with E-state index in [1.54, 1.807) is 0 Å². The monoisotopic (exact) mass is 355 g/mol. The summed E-state index contributed by atoms with van der Waals surface area (Å²) < 4.78 is 2.08. The Balaban J connectivity index is 1.74. The molecule has 0 bridgehead atoms. The first kappa shape index (κ1) is 18.5. The maximum atomic E-state index is 13.2. The molecule has 0 saturated carbocycles. The fraction of sp³-hybridized carbons (Fsp3) is 0.524. The van der Waals surface area contributed by atoms with Crippen LogP contribution in [0.5, 0.6) is 0 Å². The lowest BCUT2D eigenvalue weighted by Gasteiger charge is -2.36. The van der Waals surface area contributed by atoms with E-state index < -0.39 is 0 Å². The number of amides is 2. The molecule has 2 aromatic rings. The summed E-state index contributed by atoms with van der Waals surface area (Å²) in [7, 11) is 2.00. The van der Waals surface area contributed by atoms with Gasteiger partial charge in [0.25, 0.3) is 5.91 Å². The number of carbonyl (C=O) groups excluding carboxylic acids is 2. The lowest BCUT2D eigenvalue weighted by atomic mass is 9.91. The molecule has 5 heteroatoms. The van der Waals surface area contributed by atoms with Gasteiger partial charge in [0.15, 0.2) is 0 Å². The van der Waals surface area contributed by atoms with E-state index >= 15 is 0 Å². The van der Waals surface area contributed by atoms with Crippen LogP contribution in [0.3, 0.4) is 0 Å². The highest BCUT2D eigenvalue weighted by Gasteiger charge is 2.29. The summed E-state index contributed by atoms with van der Waals surface area (Å²) in [4.78, 5) is 29.4. The van der Waals surface area contributed by atoms with Crippen LogP contribution in [0.15, 0.2) is 24.3 Å². The molecule has 2 heterocycles. The zero-order chi connectivity index (χ0) is 19.1. The van der Waals surface area contributed by atoms with Gasteiger partial charge in [0, 0.05) is 56.2 Å². The van der Waals surface area contributed by atoms with Gasteiger partial charge in [-0.3, -0.25) is 9.59 Å². The molecule has 140 valence electrons. The number of fused-ring (bicyclic) bond motifs is 1. The van der Waals surface area contributed by atoms with Gasteiger partial charge in [-0.15, -0.1) is 0 Å². The molecule has 1 aromatic heterocycles. The average Bonchev–Trinajstić information content (AvgIpc) is 2.84. The Morgan fingerprint density at radius 1 is 1.00 bits per heavy atom. The number of benzene rings is 1. The fourth-order valence-corrected chi connectivity index (χ4v) is 3.67. The Morgan fingerprint density at radius 3 is 2.19 bits per heavy atom. The first-order valence-electron chi connectivity index (χ1n) is 9.30. The van der Waals surface area contributed by atoms with Crippen molar-refractivity contribution >= 4 is 22.7 Å². The standard InChI is InChI=1S/C21H29N3O2/c1-15-19(16-8-6-7-9-17(16)22(15)5)20(26)24-12-10-23(11-13-24)18(25)14-21(2,3)4/h6-9H,10-14H2,1-5H3. The quantitative estimate of drug-likeness (QED) is 0.830. The van der Waals surface area contributed by atoms with Crippen LogP contribution in [-0.2, 0) is 11.8 Å². The number of hydrogen-bond donors (Lipinski definition) is 0. The van der Waals surface area contributed by atoms with Crippen molar-refractivity contribution in [1.29, 1.82) is 0 Å². The summed E-state index contributed by atoms with van der Waals surface area (Å²) in [5, 5.41) is 1.00. The molecule has 0 aliphatic carbocycles. The third-order valence-corrected chi connectivity index (χ3v) is 5.21. The Bertz CT molecular complexity index is 837. The summed E-state index contributed by atoms with van der Waals surface area (Å²) in [6.07, 6.45) is 0.545. The normalized spacial score (nSPS) is 15.6. The van der Waals surface area contributed by atoms with E-state index in [4.69, 9.17) is 0 Å². The Kier molecular flexibility index (Phi) is 4.82. The largest absolute Gasteiger partial charge is 0.347 e. The van der Waals surface area contributed by atoms with Gasteiger partial charge >= 0.3 is 0 Å². The first-order chi connectivity index (χ1) is 12.2. The summed E-state index contributed by atoms with van der Waals surface area (Å²) in [6.45, 7) is 10.6. The molecule has 1 saturated heterocycles. The maximum absolute atomic E-state index is 13.2. The molecule has 1 aromatic carbocycles. The number of hydrogen-bond acceptors (Lipinski definition) is 2. The van der Waals surface area contributed by atoms with Gasteiger partial charge in [0.05, 0.1) is 5.56 Å². The zero-order valence-electron chi connectivity index (χ0n) is 16.5. The van der Waals surface area contributed by atoms with E-state index in [1.165, 1.54) is 0 Å². The minimum atomic E-state index is -0.00982. The molecule has 1 fully saturated rings. The van der Waals surface area contributed by atoms with Crippen molar-refractivity contribution in [1.82, 2.24) is 14.4 Å². The third-order valence-electron chi connectivity index (χ3n) is 5.21. The van der Waals surface area contributed by atoms with Crippen molar-refractivity contribution in [2.75, 3.05) is 26.2 Å². The number of nitrogens with zero attached hydrogens (tertiary/aromatic N) is 3. The minimum absolute atomic E-state index is 0.00982. The molecule has 0 spiro atoms. The second-order valence-electron chi connectivity index (χ2n) is 8.45. The van der Waals surface area contributed by atoms with Crippen molar-refractivity contribution in [3.05, 3.63) is 35.5 Å². The van der Waals surface area contributed by atoms with Crippen LogP contribution >= 0.6 is 0 Å². The maximum Gasteiger partial charge on any atom is 0.256 e. The molecule has 2 amide bonds. The van der Waals surface area contributed by atoms with Crippen molar-refractivity contribution in [3.8, 4) is 0 Å². The molecule has 0 atom stereocenters. The topological polar surface area (TPSA) is 45.6 Å². The van der Waals surface area contributed by atoms with E-state index in [0.29, 0.717) is 32.6 Å². The summed E-state index contributed by atoms with van der Waals surface area (Å²) in [5.41, 5.74) is 2.84. The lowest BCUT2D eigenvalue weighted by Crippen LogP contribution is -2.51. The van der Waals surface area contributed by atoms with Crippen LogP contribution in [0.4, 0.5) is 0 Å². The zero-order valence-corrected chi connectivity index (χ0v) is 16.5. The number of piperazine rings is 1. The molecule has 0 unspecified atom stereocenters. The predicted molar refractivity (Wildman–Crippen MR) is 104 cm³/mol. The van der Waals surface area contributed by atoms with Gasteiger partial charge in [0.1, 0.15) is 0 Å². The number of rotatable bonds is 2. The van der Waals surface area contributed by atoms with Crippen LogP contribution in [0.1, 0.15) is 43.2 Å². The Labute approximate surface area is 155 Å². The van der Waals surface area contributed by atoms with Crippen molar-refractivity contribution in [3.63, 3.8) is 0 Å². The fourth-order valence-electron chi connectivity index (χ4n) is 3.67. The molecule has 26 heavy (non-hydrogen) atoms. The van der Waals surface area contributed by atoms with Gasteiger partial charge in [-0.25, -0.2) is 0 Å². The molecule has 0 N–H and O–H groups in total. The smallest absolute Gasteiger partial charge is 0.256 e. The summed E-state index contributed by atoms with van der Waals surface area (Å²) in [6, 6.07) is 8.03. The number of carbonyl (C=O) groups is 2. The van der Waals surface area contributed by atoms with Crippen LogP contribution in [0.2, 0.25) is 0 Å². The molecule has 0 radical (unpaired) electrons. The van der Waals surface area contributed by atoms with Gasteiger partial charge in [-0.2, -0.15) is 0 Å². The first-order valence-corrected chi connectivity index (χ1v) is 9.30. The molecule has 1 aliphatic heterocycles. The van der Waals surface area contributed by atoms with Crippen LogP contribution in [0, 0.1) is 12.3 Å². The van der Waals surface area contributed by atoms with E-state index in [0.717, 1.165) is 22.2 Å². The summed E-state index contributed by atoms with van der Waals surface area (Å²) >= 11 is 0. The van der Waals surface area contributed by atoms with Crippen molar-refractivity contribution < 1.29 is 9.59 Å². The summed E-state index contributed by atoms with van der Waals surface area (Å²) in [5.74, 6) is 0.258. The Morgan fingerprint density at radius 2 is 1.58 bits per heavy atom. The highest BCUT2D eigenvalue weighted by molar-refractivity contribution is 6.08. The van der Waals surface area contributed by atoms with E-state index in [1.807, 2.05) is 48.0 Å². The SMILES string of the molecule is Cc1c(C(=O)N2CCN(C(=O)CC(C)(C)C)CC2)c2ccccc2n1C. The molecule has 5 nitrogen and oxygen atoms in total. The van der Waals surface area contributed by atoms with Gasteiger partial charge in [-0.05, 0) is 18.4 Å². The molecular weight excluding hydrogens is 326 g/mol. The highest BCUT2D eigenvalue weighted by atomic mass is 16.2. The number of aromatic nitrogens is 1. The van der Waals surface area contributed by atoms with Gasteiger partial charge < -0.3 is 14.4 Å². The highest BCUT2D eigenvalue weighted by Crippen LogP contribution is 2.27. The number of aryl methyl sites for hydroxylation is 1. The average molecular weight is 355 g/mol. The second kappa shape index (κ2) is 6.78. The van der Waals surface area contributed by atoms with Crippen molar-refractivity contribution in [2.24, 2.45) is 12.5 Å². The van der Waals surface area contributed by atoms with E-state index in [9.17, 15) is 9.59 Å². The molecular formula is C21H29N3O2. The van der Waals surface area contributed by atoms with E-state index in [-0.39, 0.29) is 17.2 Å². The van der Waals surface area contributed by atoms with E-state index in [2.05, 4.69) is 25.3 Å². The predicted octanol–water partition coefficient (Wildman–Crippen LogP) is 3.21. The van der Waals surface area contributed by atoms with Crippen LogP contribution < -0.4 is 0 Å². The van der Waals surface area contributed by atoms with Crippen LogP contribution in [-0.4, -0.2) is 52.4 Å². The third kappa shape index (κ3) is 3.48. The van der Waals surface area contributed by atoms with Crippen molar-refractivity contribution in [2.45, 2.75) is 34.1 Å².